The minimum absolute atomic E-state index is 0.665. The minimum atomic E-state index is 0.665. The van der Waals surface area contributed by atoms with Crippen molar-refractivity contribution in [3.8, 4) is 0 Å². The molecular weight excluding hydrogens is 268 g/mol. The fourth-order valence-corrected chi connectivity index (χ4v) is 3.30. The zero-order valence-electron chi connectivity index (χ0n) is 11.6. The van der Waals surface area contributed by atoms with Crippen molar-refractivity contribution in [2.24, 2.45) is 5.92 Å². The van der Waals surface area contributed by atoms with Gasteiger partial charge < -0.3 is 4.74 Å². The van der Waals surface area contributed by atoms with Crippen LogP contribution in [0.4, 0.5) is 0 Å². The Morgan fingerprint density at radius 1 is 1.25 bits per heavy atom. The minimum Gasteiger partial charge on any atom is -0.381 e. The Bertz CT molecular complexity index is 494. The Morgan fingerprint density at radius 2 is 2.15 bits per heavy atom. The highest BCUT2D eigenvalue weighted by Gasteiger charge is 2.20. The van der Waals surface area contributed by atoms with Gasteiger partial charge in [0.15, 0.2) is 0 Å². The fourth-order valence-electron chi connectivity index (χ4n) is 2.64. The smallest absolute Gasteiger partial charge is 0.107 e. The topological polar surface area (TPSA) is 25.4 Å². The zero-order chi connectivity index (χ0) is 13.6. The summed E-state index contributed by atoms with van der Waals surface area (Å²) in [5, 5.41) is 3.24. The van der Waals surface area contributed by atoms with Gasteiger partial charge in [-0.2, -0.15) is 0 Å². The van der Waals surface area contributed by atoms with E-state index in [0.29, 0.717) is 5.92 Å². The van der Waals surface area contributed by atoms with Gasteiger partial charge in [0.25, 0.3) is 0 Å². The predicted molar refractivity (Wildman–Crippen MR) is 81.6 cm³/mol. The van der Waals surface area contributed by atoms with Crippen LogP contribution in [-0.4, -0.2) is 29.6 Å². The molecule has 0 spiro atoms. The lowest BCUT2D eigenvalue weighted by molar-refractivity contribution is 0.161. The molecule has 0 saturated carbocycles. The molecule has 3 nitrogen and oxygen atoms in total. The van der Waals surface area contributed by atoms with Crippen LogP contribution >= 0.6 is 11.3 Å². The normalized spacial score (nSPS) is 18.8. The molecule has 0 aliphatic carbocycles. The molecule has 1 aliphatic heterocycles. The maximum atomic E-state index is 5.50. The summed E-state index contributed by atoms with van der Waals surface area (Å²) in [6, 6.07) is 10.7. The second-order valence-corrected chi connectivity index (χ2v) is 6.29. The standard InChI is InChI=1S/C16H20N2OS/c1-2-4-14(5-3-1)10-18(11-15-6-8-19-13-15)12-16-17-7-9-20-16/h1-5,7,9,15H,6,8,10-13H2. The van der Waals surface area contributed by atoms with E-state index in [1.807, 2.05) is 6.20 Å². The van der Waals surface area contributed by atoms with Crippen LogP contribution in [0, 0.1) is 5.92 Å². The fraction of sp³-hybridized carbons (Fsp3) is 0.438. The molecule has 1 aliphatic rings. The summed E-state index contributed by atoms with van der Waals surface area (Å²) in [7, 11) is 0. The van der Waals surface area contributed by atoms with Gasteiger partial charge in [-0.1, -0.05) is 30.3 Å². The van der Waals surface area contributed by atoms with Crippen molar-refractivity contribution in [2.75, 3.05) is 19.8 Å². The van der Waals surface area contributed by atoms with Crippen molar-refractivity contribution in [1.82, 2.24) is 9.88 Å². The maximum Gasteiger partial charge on any atom is 0.107 e. The molecule has 0 N–H and O–H groups in total. The summed E-state index contributed by atoms with van der Waals surface area (Å²) >= 11 is 1.74. The number of thiazole rings is 1. The molecule has 3 rings (SSSR count). The van der Waals surface area contributed by atoms with E-state index < -0.39 is 0 Å². The average molecular weight is 288 g/mol. The van der Waals surface area contributed by atoms with Crippen LogP contribution in [0.15, 0.2) is 41.9 Å². The van der Waals surface area contributed by atoms with E-state index in [4.69, 9.17) is 4.74 Å². The summed E-state index contributed by atoms with van der Waals surface area (Å²) in [5.41, 5.74) is 1.36. The third kappa shape index (κ3) is 3.88. The van der Waals surface area contributed by atoms with Crippen molar-refractivity contribution in [2.45, 2.75) is 19.5 Å². The molecule has 0 bridgehead atoms. The molecule has 2 aromatic rings. The van der Waals surface area contributed by atoms with Crippen LogP contribution < -0.4 is 0 Å². The first kappa shape index (κ1) is 13.7. The van der Waals surface area contributed by atoms with Crippen molar-refractivity contribution in [3.05, 3.63) is 52.5 Å². The maximum absolute atomic E-state index is 5.50. The monoisotopic (exact) mass is 288 g/mol. The highest BCUT2D eigenvalue weighted by Crippen LogP contribution is 2.18. The van der Waals surface area contributed by atoms with Gasteiger partial charge in [-0.3, -0.25) is 4.90 Å². The number of rotatable bonds is 6. The van der Waals surface area contributed by atoms with Gasteiger partial charge in [0.1, 0.15) is 5.01 Å². The quantitative estimate of drug-likeness (QED) is 0.816. The van der Waals surface area contributed by atoms with Gasteiger partial charge in [-0.05, 0) is 17.9 Å². The predicted octanol–water partition coefficient (Wildman–Crippen LogP) is 3.18. The second-order valence-electron chi connectivity index (χ2n) is 5.31. The number of ether oxygens (including phenoxy) is 1. The first-order valence-corrected chi connectivity index (χ1v) is 8.00. The highest BCUT2D eigenvalue weighted by atomic mass is 32.1. The molecule has 4 heteroatoms. The highest BCUT2D eigenvalue weighted by molar-refractivity contribution is 7.09. The van der Waals surface area contributed by atoms with E-state index in [2.05, 4.69) is 45.6 Å². The molecule has 106 valence electrons. The van der Waals surface area contributed by atoms with Gasteiger partial charge in [-0.15, -0.1) is 11.3 Å². The Hall–Kier alpha value is -1.23. The van der Waals surface area contributed by atoms with Crippen LogP contribution in [0.3, 0.4) is 0 Å². The lowest BCUT2D eigenvalue weighted by Gasteiger charge is -2.24. The second kappa shape index (κ2) is 6.97. The zero-order valence-corrected chi connectivity index (χ0v) is 12.4. The van der Waals surface area contributed by atoms with E-state index in [1.54, 1.807) is 11.3 Å². The van der Waals surface area contributed by atoms with Crippen LogP contribution in [0.2, 0.25) is 0 Å². The summed E-state index contributed by atoms with van der Waals surface area (Å²) in [6.45, 7) is 4.83. The number of hydrogen-bond acceptors (Lipinski definition) is 4. The van der Waals surface area contributed by atoms with E-state index in [-0.39, 0.29) is 0 Å². The lowest BCUT2D eigenvalue weighted by atomic mass is 10.1. The Labute approximate surface area is 124 Å². The largest absolute Gasteiger partial charge is 0.381 e. The first-order chi connectivity index (χ1) is 9.90. The van der Waals surface area contributed by atoms with E-state index in [0.717, 1.165) is 32.8 Å². The van der Waals surface area contributed by atoms with Crippen LogP contribution in [0.5, 0.6) is 0 Å². The van der Waals surface area contributed by atoms with Crippen molar-refractivity contribution in [1.29, 1.82) is 0 Å². The number of nitrogens with zero attached hydrogens (tertiary/aromatic N) is 2. The molecule has 1 fully saturated rings. The number of benzene rings is 1. The lowest BCUT2D eigenvalue weighted by Crippen LogP contribution is -2.29. The number of hydrogen-bond donors (Lipinski definition) is 0. The summed E-state index contributed by atoms with van der Waals surface area (Å²) in [5.74, 6) is 0.665. The van der Waals surface area contributed by atoms with Crippen molar-refractivity contribution >= 4 is 11.3 Å². The average Bonchev–Trinajstić information content (AvgIpc) is 3.13. The molecule has 1 aromatic heterocycles. The summed E-state index contributed by atoms with van der Waals surface area (Å²) in [6.07, 6.45) is 3.07. The molecule has 1 unspecified atom stereocenters. The molecule has 1 saturated heterocycles. The Kier molecular flexibility index (Phi) is 4.79. The van der Waals surface area contributed by atoms with Gasteiger partial charge in [0.05, 0.1) is 13.2 Å². The van der Waals surface area contributed by atoms with Gasteiger partial charge in [0, 0.05) is 31.3 Å². The van der Waals surface area contributed by atoms with Crippen molar-refractivity contribution in [3.63, 3.8) is 0 Å². The Morgan fingerprint density at radius 3 is 2.85 bits per heavy atom. The molecule has 20 heavy (non-hydrogen) atoms. The molecule has 2 heterocycles. The van der Waals surface area contributed by atoms with Gasteiger partial charge >= 0.3 is 0 Å². The van der Waals surface area contributed by atoms with Gasteiger partial charge in [-0.25, -0.2) is 4.98 Å². The molecule has 0 radical (unpaired) electrons. The van der Waals surface area contributed by atoms with E-state index >= 15 is 0 Å². The third-order valence-corrected chi connectivity index (χ3v) is 4.40. The SMILES string of the molecule is c1ccc(CN(Cc2nccs2)CC2CCOC2)cc1. The van der Waals surface area contributed by atoms with Gasteiger partial charge in [0.2, 0.25) is 0 Å². The van der Waals surface area contributed by atoms with Crippen LogP contribution in [0.25, 0.3) is 0 Å². The third-order valence-electron chi connectivity index (χ3n) is 3.63. The summed E-state index contributed by atoms with van der Waals surface area (Å²) < 4.78 is 5.50. The first-order valence-electron chi connectivity index (χ1n) is 7.12. The molecule has 1 atom stereocenters. The van der Waals surface area contributed by atoms with E-state index in [1.165, 1.54) is 17.0 Å². The molecule has 0 amide bonds. The molecule has 1 aromatic carbocycles. The van der Waals surface area contributed by atoms with Crippen LogP contribution in [-0.2, 0) is 17.8 Å². The van der Waals surface area contributed by atoms with E-state index in [9.17, 15) is 0 Å². The molecular formula is C16H20N2OS. The summed E-state index contributed by atoms with van der Waals surface area (Å²) in [4.78, 5) is 6.91. The Balaban J connectivity index is 1.65. The van der Waals surface area contributed by atoms with Crippen LogP contribution in [0.1, 0.15) is 17.0 Å². The van der Waals surface area contributed by atoms with Crippen molar-refractivity contribution < 1.29 is 4.74 Å². The number of aromatic nitrogens is 1.